The van der Waals surface area contributed by atoms with Gasteiger partial charge in [0.05, 0.1) is 17.7 Å². The Bertz CT molecular complexity index is 1040. The van der Waals surface area contributed by atoms with Gasteiger partial charge in [0.25, 0.3) is 5.91 Å². The number of hydrogen-bond acceptors (Lipinski definition) is 3. The Hall–Kier alpha value is -3.09. The molecule has 1 aromatic heterocycles. The average molecular weight is 414 g/mol. The highest BCUT2D eigenvalue weighted by Crippen LogP contribution is 2.35. The maximum absolute atomic E-state index is 13.2. The monoisotopic (exact) mass is 414 g/mol. The topological polar surface area (TPSA) is 46.3 Å². The highest BCUT2D eigenvalue weighted by molar-refractivity contribution is 6.00. The molecule has 4 rings (SSSR count). The summed E-state index contributed by atoms with van der Waals surface area (Å²) < 4.78 is 45.3. The van der Waals surface area contributed by atoms with E-state index in [2.05, 4.69) is 4.98 Å². The number of alkyl halides is 3. The lowest BCUT2D eigenvalue weighted by molar-refractivity contribution is -0.184. The molecule has 0 bridgehead atoms. The molecule has 156 valence electrons. The number of halogens is 3. The zero-order valence-corrected chi connectivity index (χ0v) is 16.4. The average Bonchev–Trinajstić information content (AvgIpc) is 3.23. The van der Waals surface area contributed by atoms with E-state index in [1.54, 1.807) is 30.5 Å². The van der Waals surface area contributed by atoms with Crippen LogP contribution in [0.3, 0.4) is 0 Å². The number of piperidine rings is 1. The first-order chi connectivity index (χ1) is 14.3. The Labute approximate surface area is 172 Å². The molecule has 7 heteroatoms. The minimum Gasteiger partial charge on any atom is -0.436 e. The van der Waals surface area contributed by atoms with E-state index in [0.717, 1.165) is 11.1 Å². The van der Waals surface area contributed by atoms with Gasteiger partial charge in [0.2, 0.25) is 5.89 Å². The molecule has 0 radical (unpaired) electrons. The van der Waals surface area contributed by atoms with E-state index in [9.17, 15) is 18.0 Å². The summed E-state index contributed by atoms with van der Waals surface area (Å²) in [5.74, 6) is -1.10. The lowest BCUT2D eigenvalue weighted by Crippen LogP contribution is -2.44. The number of hydrogen-bond donors (Lipinski definition) is 0. The van der Waals surface area contributed by atoms with Crippen molar-refractivity contribution in [2.75, 3.05) is 13.1 Å². The predicted octanol–water partition coefficient (Wildman–Crippen LogP) is 5.73. The molecule has 1 aliphatic rings. The number of rotatable bonds is 3. The van der Waals surface area contributed by atoms with Crippen molar-refractivity contribution in [1.82, 2.24) is 9.88 Å². The molecule has 4 nitrogen and oxygen atoms in total. The molecule has 30 heavy (non-hydrogen) atoms. The van der Waals surface area contributed by atoms with Crippen LogP contribution in [0.2, 0.25) is 0 Å². The van der Waals surface area contributed by atoms with Gasteiger partial charge in [-0.3, -0.25) is 4.79 Å². The summed E-state index contributed by atoms with van der Waals surface area (Å²) in [6.45, 7) is 1.97. The van der Waals surface area contributed by atoms with Crippen LogP contribution in [0.1, 0.15) is 28.8 Å². The van der Waals surface area contributed by atoms with E-state index in [1.807, 2.05) is 31.2 Å². The van der Waals surface area contributed by atoms with E-state index in [-0.39, 0.29) is 24.4 Å². The first-order valence-electron chi connectivity index (χ1n) is 9.81. The summed E-state index contributed by atoms with van der Waals surface area (Å²) in [7, 11) is 0. The van der Waals surface area contributed by atoms with Crippen molar-refractivity contribution >= 4 is 5.91 Å². The lowest BCUT2D eigenvalue weighted by atomic mass is 9.96. The van der Waals surface area contributed by atoms with E-state index in [4.69, 9.17) is 4.42 Å². The standard InChI is InChI=1S/C23H21F3N2O2/c1-15-8-10-16(11-9-15)20-13-27-21(30-20)18-6-2-3-7-19(18)22(29)28-12-4-5-17(14-28)23(24,25)26/h2-3,6-11,13,17H,4-5,12,14H2,1H3. The van der Waals surface area contributed by atoms with Crippen LogP contribution in [-0.2, 0) is 0 Å². The third-order valence-corrected chi connectivity index (χ3v) is 5.40. The van der Waals surface area contributed by atoms with Crippen LogP contribution in [0, 0.1) is 12.8 Å². The van der Waals surface area contributed by atoms with Crippen molar-refractivity contribution in [1.29, 1.82) is 0 Å². The van der Waals surface area contributed by atoms with E-state index in [1.165, 1.54) is 4.90 Å². The predicted molar refractivity (Wildman–Crippen MR) is 107 cm³/mol. The SMILES string of the molecule is Cc1ccc(-c2cnc(-c3ccccc3C(=O)N3CCCC(C(F)(F)F)C3)o2)cc1. The number of carbonyl (C=O) groups is 1. The normalized spacial score (nSPS) is 17.2. The molecular formula is C23H21F3N2O2. The molecule has 1 aliphatic heterocycles. The summed E-state index contributed by atoms with van der Waals surface area (Å²) in [4.78, 5) is 18.7. The second kappa shape index (κ2) is 7.97. The van der Waals surface area contributed by atoms with Crippen LogP contribution >= 0.6 is 0 Å². The van der Waals surface area contributed by atoms with Gasteiger partial charge in [-0.2, -0.15) is 13.2 Å². The summed E-state index contributed by atoms with van der Waals surface area (Å²) in [6, 6.07) is 14.5. The second-order valence-electron chi connectivity index (χ2n) is 7.57. The Morgan fingerprint density at radius 1 is 1.13 bits per heavy atom. The zero-order chi connectivity index (χ0) is 21.3. The van der Waals surface area contributed by atoms with Crippen molar-refractivity contribution in [3.63, 3.8) is 0 Å². The van der Waals surface area contributed by atoms with Gasteiger partial charge in [-0.05, 0) is 31.9 Å². The number of oxazole rings is 1. The first kappa shape index (κ1) is 20.2. The van der Waals surface area contributed by atoms with Gasteiger partial charge in [0.15, 0.2) is 5.76 Å². The fourth-order valence-corrected chi connectivity index (χ4v) is 3.71. The maximum atomic E-state index is 13.2. The molecular weight excluding hydrogens is 393 g/mol. The largest absolute Gasteiger partial charge is 0.436 e. The highest BCUT2D eigenvalue weighted by atomic mass is 19.4. The summed E-state index contributed by atoms with van der Waals surface area (Å²) >= 11 is 0. The number of aromatic nitrogens is 1. The van der Waals surface area contributed by atoms with Gasteiger partial charge in [0, 0.05) is 24.2 Å². The van der Waals surface area contributed by atoms with E-state index in [0.29, 0.717) is 24.3 Å². The molecule has 1 saturated heterocycles. The van der Waals surface area contributed by atoms with Crippen LogP contribution in [0.5, 0.6) is 0 Å². The Kier molecular flexibility index (Phi) is 5.37. The van der Waals surface area contributed by atoms with Gasteiger partial charge in [-0.15, -0.1) is 0 Å². The molecule has 0 spiro atoms. The molecule has 1 amide bonds. The fraction of sp³-hybridized carbons (Fsp3) is 0.304. The third-order valence-electron chi connectivity index (χ3n) is 5.40. The van der Waals surface area contributed by atoms with Crippen LogP contribution in [0.4, 0.5) is 13.2 Å². The van der Waals surface area contributed by atoms with Crippen molar-refractivity contribution < 1.29 is 22.4 Å². The van der Waals surface area contributed by atoms with Gasteiger partial charge < -0.3 is 9.32 Å². The smallest absolute Gasteiger partial charge is 0.393 e. The van der Waals surface area contributed by atoms with Gasteiger partial charge >= 0.3 is 6.18 Å². The number of aryl methyl sites for hydroxylation is 1. The van der Waals surface area contributed by atoms with Gasteiger partial charge in [-0.1, -0.05) is 42.0 Å². The van der Waals surface area contributed by atoms with E-state index < -0.39 is 18.0 Å². The Morgan fingerprint density at radius 2 is 1.87 bits per heavy atom. The van der Waals surface area contributed by atoms with Crippen LogP contribution in [0.25, 0.3) is 22.8 Å². The molecule has 1 unspecified atom stereocenters. The molecule has 1 atom stereocenters. The fourth-order valence-electron chi connectivity index (χ4n) is 3.71. The molecule has 2 aromatic carbocycles. The molecule has 1 fully saturated rings. The van der Waals surface area contributed by atoms with Crippen molar-refractivity contribution in [3.05, 3.63) is 65.9 Å². The molecule has 2 heterocycles. The maximum Gasteiger partial charge on any atom is 0.393 e. The Balaban J connectivity index is 1.62. The van der Waals surface area contributed by atoms with Crippen LogP contribution < -0.4 is 0 Å². The number of benzene rings is 2. The van der Waals surface area contributed by atoms with Gasteiger partial charge in [-0.25, -0.2) is 4.98 Å². The van der Waals surface area contributed by atoms with Crippen LogP contribution in [0.15, 0.2) is 59.1 Å². The van der Waals surface area contributed by atoms with Crippen molar-refractivity contribution in [2.24, 2.45) is 5.92 Å². The number of nitrogens with zero attached hydrogens (tertiary/aromatic N) is 2. The van der Waals surface area contributed by atoms with Crippen LogP contribution in [-0.4, -0.2) is 35.1 Å². The third kappa shape index (κ3) is 4.10. The quantitative estimate of drug-likeness (QED) is 0.550. The number of carbonyl (C=O) groups excluding carboxylic acids is 1. The molecule has 0 N–H and O–H groups in total. The van der Waals surface area contributed by atoms with E-state index >= 15 is 0 Å². The lowest BCUT2D eigenvalue weighted by Gasteiger charge is -2.34. The second-order valence-corrected chi connectivity index (χ2v) is 7.57. The number of amides is 1. The molecule has 0 saturated carbocycles. The summed E-state index contributed by atoms with van der Waals surface area (Å²) in [6.07, 6.45) is -2.34. The molecule has 3 aromatic rings. The highest BCUT2D eigenvalue weighted by Gasteiger charge is 2.43. The van der Waals surface area contributed by atoms with Crippen molar-refractivity contribution in [2.45, 2.75) is 25.9 Å². The minimum absolute atomic E-state index is 0.0502. The van der Waals surface area contributed by atoms with Crippen molar-refractivity contribution in [3.8, 4) is 22.8 Å². The summed E-state index contributed by atoms with van der Waals surface area (Å²) in [5.41, 5.74) is 2.73. The zero-order valence-electron chi connectivity index (χ0n) is 16.4. The molecule has 0 aliphatic carbocycles. The van der Waals surface area contributed by atoms with Gasteiger partial charge in [0.1, 0.15) is 0 Å². The summed E-state index contributed by atoms with van der Waals surface area (Å²) in [5, 5.41) is 0. The minimum atomic E-state index is -4.30. The Morgan fingerprint density at radius 3 is 2.60 bits per heavy atom. The first-order valence-corrected chi connectivity index (χ1v) is 9.81. The number of likely N-dealkylation sites (tertiary alicyclic amines) is 1.